The number of rotatable bonds is 24. The molecule has 26 nitrogen and oxygen atoms in total. The third kappa shape index (κ3) is 22.6. The number of carbonyl (C=O) groups excluding carboxylic acids is 8. The van der Waals surface area contributed by atoms with Gasteiger partial charge in [0, 0.05) is 154 Å². The molecule has 0 aromatic carbocycles. The van der Waals surface area contributed by atoms with Crippen molar-refractivity contribution in [2.75, 3.05) is 39.6 Å². The summed E-state index contributed by atoms with van der Waals surface area (Å²) in [5, 5.41) is 21.6. The Kier molecular flexibility index (Phi) is 26.5. The Balaban J connectivity index is 1.04. The highest BCUT2D eigenvalue weighted by molar-refractivity contribution is 6.21. The molecule has 0 amide bonds. The molecule has 8 fully saturated rings. The molecule has 8 saturated heterocycles. The van der Waals surface area contributed by atoms with Gasteiger partial charge in [-0.2, -0.15) is 0 Å². The lowest BCUT2D eigenvalue weighted by atomic mass is 9.72. The van der Waals surface area contributed by atoms with Gasteiger partial charge in [-0.1, -0.05) is 41.5 Å². The largest absolute Gasteiger partial charge is 0.464 e. The summed E-state index contributed by atoms with van der Waals surface area (Å²) in [6.45, 7) is 57.2. The Hall–Kier alpha value is -4.64. The van der Waals surface area contributed by atoms with Gasteiger partial charge in [0.2, 0.25) is 0 Å². The average Bonchev–Trinajstić information content (AvgIpc) is 0.743. The second-order valence-electron chi connectivity index (χ2n) is 44.1. The summed E-state index contributed by atoms with van der Waals surface area (Å²) in [6.07, 6.45) is -2.94. The molecular weight excluding hydrogens is 1420 g/mol. The molecule has 0 bridgehead atoms. The molecule has 8 rings (SSSR count). The number of hydrogen-bond acceptors (Lipinski definition) is 26. The Bertz CT molecular complexity index is 2960. The van der Waals surface area contributed by atoms with Crippen molar-refractivity contribution in [3.05, 3.63) is 0 Å². The van der Waals surface area contributed by atoms with E-state index in [1.807, 2.05) is 166 Å². The SMILES string of the molecule is CCC(C(=O)OC1CC(C)(C)NC(C)(C)C1)C(C(=O)OCC(C)(C)C1OCC2(CO1)COC(C(C)(C)COC(=O)C(C(=O)OC1CC(C)(C)NC(C)(C)C1)(C(=O)OC1CC(C)(C)NC(C)(C)C1)C(CC)C(=O)OC1CC(C)(C)NC(C)(C)C1)OC2)(C(=O)OC1CC(C)(C)NC(C)(C)C1)C(=O)OC1CC(C)(C)NC(C)(C)C1. The van der Waals surface area contributed by atoms with Crippen molar-refractivity contribution in [2.45, 2.75) is 413 Å². The number of ether oxygens (including phenoxy) is 12. The summed E-state index contributed by atoms with van der Waals surface area (Å²) < 4.78 is 77.7. The van der Waals surface area contributed by atoms with Crippen LogP contribution in [-0.2, 0) is 95.2 Å². The Morgan fingerprint density at radius 1 is 0.297 bits per heavy atom. The van der Waals surface area contributed by atoms with Gasteiger partial charge >= 0.3 is 47.8 Å². The number of esters is 8. The molecule has 0 aliphatic carbocycles. The van der Waals surface area contributed by atoms with Crippen LogP contribution >= 0.6 is 0 Å². The van der Waals surface area contributed by atoms with Crippen LogP contribution in [0.3, 0.4) is 0 Å². The maximum absolute atomic E-state index is 15.9. The Labute approximate surface area is 663 Å². The minimum absolute atomic E-state index is 0.0180. The second-order valence-corrected chi connectivity index (χ2v) is 44.1. The fourth-order valence-corrected chi connectivity index (χ4v) is 21.1. The molecule has 8 aliphatic rings. The number of piperidine rings is 6. The monoisotopic (exact) mass is 1570 g/mol. The molecule has 2 unspecified atom stereocenters. The van der Waals surface area contributed by atoms with E-state index in [2.05, 4.69) is 31.9 Å². The van der Waals surface area contributed by atoms with Crippen molar-refractivity contribution in [2.24, 2.45) is 38.9 Å². The smallest absolute Gasteiger partial charge is 0.336 e. The fourth-order valence-electron chi connectivity index (χ4n) is 21.1. The first-order valence-corrected chi connectivity index (χ1v) is 41.1. The van der Waals surface area contributed by atoms with E-state index in [-0.39, 0.29) is 39.3 Å². The van der Waals surface area contributed by atoms with Crippen molar-refractivity contribution >= 4 is 47.8 Å². The summed E-state index contributed by atoms with van der Waals surface area (Å²) in [7, 11) is 0. The van der Waals surface area contributed by atoms with Gasteiger partial charge in [-0.15, -0.1) is 0 Å². The lowest BCUT2D eigenvalue weighted by Gasteiger charge is -2.49. The molecule has 636 valence electrons. The summed E-state index contributed by atoms with van der Waals surface area (Å²) >= 11 is 0. The lowest BCUT2D eigenvalue weighted by Crippen LogP contribution is -2.63. The normalized spacial score (nSPS) is 28.6. The molecule has 0 aromatic rings. The maximum atomic E-state index is 15.9. The van der Waals surface area contributed by atoms with Gasteiger partial charge in [-0.05, 0) is 179 Å². The van der Waals surface area contributed by atoms with Crippen molar-refractivity contribution in [3.63, 3.8) is 0 Å². The van der Waals surface area contributed by atoms with Crippen molar-refractivity contribution < 1.29 is 95.2 Å². The minimum atomic E-state index is -3.02. The van der Waals surface area contributed by atoms with Crippen LogP contribution in [0.4, 0.5) is 0 Å². The fraction of sp³-hybridized carbons (Fsp3) is 0.906. The van der Waals surface area contributed by atoms with E-state index in [0.29, 0.717) is 77.0 Å². The number of nitrogens with one attached hydrogen (secondary N) is 6. The number of carbonyl (C=O) groups is 8. The van der Waals surface area contributed by atoms with E-state index in [1.165, 1.54) is 0 Å². The first-order valence-electron chi connectivity index (χ1n) is 41.1. The molecule has 8 aliphatic heterocycles. The summed E-state index contributed by atoms with van der Waals surface area (Å²) in [6, 6.07) is 0. The molecule has 1 spiro atoms. The van der Waals surface area contributed by atoms with Crippen LogP contribution < -0.4 is 31.9 Å². The van der Waals surface area contributed by atoms with Crippen LogP contribution in [0.25, 0.3) is 0 Å². The van der Waals surface area contributed by atoms with E-state index in [1.54, 1.807) is 41.5 Å². The Morgan fingerprint density at radius 3 is 0.640 bits per heavy atom. The zero-order chi connectivity index (χ0) is 83.8. The van der Waals surface area contributed by atoms with Gasteiger partial charge in [-0.3, -0.25) is 38.4 Å². The molecule has 6 N–H and O–H groups in total. The molecule has 2 atom stereocenters. The van der Waals surface area contributed by atoms with Crippen LogP contribution in [0, 0.1) is 38.9 Å². The first-order chi connectivity index (χ1) is 50.3. The molecule has 0 saturated carbocycles. The highest BCUT2D eigenvalue weighted by Gasteiger charge is 2.69. The van der Waals surface area contributed by atoms with E-state index in [9.17, 15) is 0 Å². The molecule has 26 heteroatoms. The van der Waals surface area contributed by atoms with Crippen molar-refractivity contribution in [1.82, 2.24) is 31.9 Å². The standard InChI is InChI=1S/C85H146N6O20/c1-31-57(59(92)106-51-33-71(7,8)86-72(9,10)34-51)84(63(96)108-53-37-75(15,16)88-76(17,18)38-53,64(97)109-54-39-77(19,20)89-78(21,22)40-54)61(94)100-45-69(3,4)67-102-47-83(48-103-67)49-104-68(105-50-83)70(5,6)46-101-62(95)85(65(98)110-55-41-79(23,24)90-80(25,26)42-55,66(99)111-56-43-81(27,28)91-82(29,30)44-56)58(32-2)60(93)107-52-35-73(11,12)87-74(13,14)36-52/h51-58,67-68,86-91H,31-50H2,1-30H3. The summed E-state index contributed by atoms with van der Waals surface area (Å²) in [5.41, 5.74) is -15.6. The third-order valence-electron chi connectivity index (χ3n) is 23.5. The van der Waals surface area contributed by atoms with E-state index < -0.39 is 216 Å². The van der Waals surface area contributed by atoms with Gasteiger partial charge in [0.1, 0.15) is 49.8 Å². The van der Waals surface area contributed by atoms with Crippen LogP contribution in [0.2, 0.25) is 0 Å². The molecular formula is C85H146N6O20. The topological polar surface area (TPSA) is 319 Å². The molecule has 111 heavy (non-hydrogen) atoms. The quantitative estimate of drug-likeness (QED) is 0.0297. The van der Waals surface area contributed by atoms with Crippen LogP contribution in [0.15, 0.2) is 0 Å². The third-order valence-corrected chi connectivity index (χ3v) is 23.5. The summed E-state index contributed by atoms with van der Waals surface area (Å²) in [4.78, 5) is 126. The lowest BCUT2D eigenvalue weighted by molar-refractivity contribution is -0.337. The van der Waals surface area contributed by atoms with E-state index >= 15 is 38.4 Å². The van der Waals surface area contributed by atoms with Gasteiger partial charge in [0.25, 0.3) is 10.8 Å². The van der Waals surface area contributed by atoms with Gasteiger partial charge in [0.05, 0.1) is 43.7 Å². The summed E-state index contributed by atoms with van der Waals surface area (Å²) in [5.74, 6) is -13.1. The van der Waals surface area contributed by atoms with Gasteiger partial charge in [0.15, 0.2) is 12.6 Å². The maximum Gasteiger partial charge on any atom is 0.336 e. The van der Waals surface area contributed by atoms with Crippen LogP contribution in [-0.4, -0.2) is 203 Å². The predicted octanol–water partition coefficient (Wildman–Crippen LogP) is 11.0. The van der Waals surface area contributed by atoms with Crippen molar-refractivity contribution in [3.8, 4) is 0 Å². The molecule has 0 aromatic heterocycles. The highest BCUT2D eigenvalue weighted by Crippen LogP contribution is 2.48. The Morgan fingerprint density at radius 2 is 0.468 bits per heavy atom. The van der Waals surface area contributed by atoms with E-state index in [0.717, 1.165) is 0 Å². The molecule has 8 heterocycles. The minimum Gasteiger partial charge on any atom is -0.464 e. The van der Waals surface area contributed by atoms with E-state index in [4.69, 9.17) is 56.8 Å². The first kappa shape index (κ1) is 91.9. The highest BCUT2D eigenvalue weighted by atomic mass is 16.7. The van der Waals surface area contributed by atoms with Gasteiger partial charge in [-0.25, -0.2) is 0 Å². The van der Waals surface area contributed by atoms with Crippen LogP contribution in [0.1, 0.15) is 298 Å². The number of hydrogen-bond donors (Lipinski definition) is 6. The van der Waals surface area contributed by atoms with Gasteiger partial charge < -0.3 is 88.7 Å². The average molecular weight is 1570 g/mol. The predicted molar refractivity (Wildman–Crippen MR) is 418 cm³/mol. The van der Waals surface area contributed by atoms with Crippen LogP contribution in [0.5, 0.6) is 0 Å². The zero-order valence-corrected chi connectivity index (χ0v) is 73.6. The zero-order valence-electron chi connectivity index (χ0n) is 73.6. The molecule has 0 radical (unpaired) electrons. The van der Waals surface area contributed by atoms with Crippen molar-refractivity contribution in [1.29, 1.82) is 0 Å². The second kappa shape index (κ2) is 32.0.